The van der Waals surface area contributed by atoms with Gasteiger partial charge in [-0.15, -0.1) is 11.3 Å². The van der Waals surface area contributed by atoms with Crippen LogP contribution < -0.4 is 10.5 Å². The molecule has 1 aromatic carbocycles. The molecule has 0 spiro atoms. The van der Waals surface area contributed by atoms with Gasteiger partial charge in [-0.3, -0.25) is 0 Å². The molecule has 3 N–H and O–H groups in total. The number of thiazole rings is 1. The number of hydrogen-bond acceptors (Lipinski definition) is 5. The lowest BCUT2D eigenvalue weighted by atomic mass is 10.2. The van der Waals surface area contributed by atoms with E-state index in [1.807, 2.05) is 5.38 Å². The number of sulfonamides is 1. The first-order valence-corrected chi connectivity index (χ1v) is 8.60. The van der Waals surface area contributed by atoms with E-state index in [4.69, 9.17) is 5.73 Å². The maximum Gasteiger partial charge on any atom is 0.241 e. The Balaban J connectivity index is 2.23. The molecule has 0 aliphatic carbocycles. The highest BCUT2D eigenvalue weighted by molar-refractivity contribution is 7.89. The molecule has 1 aromatic heterocycles. The fraction of sp³-hybridized carbons (Fsp3) is 0.214. The summed E-state index contributed by atoms with van der Waals surface area (Å²) in [7, 11) is -3.62. The van der Waals surface area contributed by atoms with Crippen LogP contribution >= 0.6 is 11.3 Å². The Morgan fingerprint density at radius 3 is 2.95 bits per heavy atom. The molecule has 0 aliphatic heterocycles. The van der Waals surface area contributed by atoms with Crippen LogP contribution in [0.25, 0.3) is 0 Å². The molecule has 0 fully saturated rings. The quantitative estimate of drug-likeness (QED) is 0.836. The van der Waals surface area contributed by atoms with Crippen molar-refractivity contribution in [3.63, 3.8) is 0 Å². The lowest BCUT2D eigenvalue weighted by molar-refractivity contribution is 0.566. The summed E-state index contributed by atoms with van der Waals surface area (Å²) in [6, 6.07) is 6.08. The van der Waals surface area contributed by atoms with Gasteiger partial charge in [0, 0.05) is 17.1 Å². The number of nitrogens with two attached hydrogens (primary N) is 1. The molecule has 0 radical (unpaired) electrons. The molecular weight excluding hydrogens is 306 g/mol. The van der Waals surface area contributed by atoms with E-state index >= 15 is 0 Å². The van der Waals surface area contributed by atoms with Crippen LogP contribution in [0.4, 0.5) is 0 Å². The van der Waals surface area contributed by atoms with Gasteiger partial charge in [-0.05, 0) is 25.1 Å². The first-order chi connectivity index (χ1) is 10.0. The second-order valence-electron chi connectivity index (χ2n) is 4.25. The van der Waals surface area contributed by atoms with E-state index in [-0.39, 0.29) is 17.5 Å². The molecule has 0 saturated carbocycles. The van der Waals surface area contributed by atoms with Gasteiger partial charge in [0.05, 0.1) is 17.5 Å². The monoisotopic (exact) mass is 321 g/mol. The number of nitrogens with one attached hydrogen (secondary N) is 1. The van der Waals surface area contributed by atoms with E-state index in [0.717, 1.165) is 5.01 Å². The van der Waals surface area contributed by atoms with Crippen LogP contribution in [0.15, 0.2) is 40.7 Å². The third kappa shape index (κ3) is 4.12. The Hall–Kier alpha value is -1.72. The summed E-state index contributed by atoms with van der Waals surface area (Å²) in [5.74, 6) is 5.52. The van der Waals surface area contributed by atoms with Gasteiger partial charge in [-0.1, -0.05) is 17.9 Å². The molecular formula is C14H15N3O2S2. The van der Waals surface area contributed by atoms with Crippen molar-refractivity contribution in [2.75, 3.05) is 6.54 Å². The molecule has 5 nitrogen and oxygen atoms in total. The molecule has 1 unspecified atom stereocenters. The van der Waals surface area contributed by atoms with Crippen LogP contribution in [-0.4, -0.2) is 19.9 Å². The van der Waals surface area contributed by atoms with Gasteiger partial charge in [-0.25, -0.2) is 18.1 Å². The minimum Gasteiger partial charge on any atom is -0.320 e. The zero-order valence-electron chi connectivity index (χ0n) is 11.4. The summed E-state index contributed by atoms with van der Waals surface area (Å²) < 4.78 is 27.3. The van der Waals surface area contributed by atoms with Crippen molar-refractivity contribution in [2.24, 2.45) is 5.73 Å². The van der Waals surface area contributed by atoms with Crippen LogP contribution in [0.3, 0.4) is 0 Å². The summed E-state index contributed by atoms with van der Waals surface area (Å²) in [4.78, 5) is 4.28. The van der Waals surface area contributed by atoms with Crippen molar-refractivity contribution in [3.8, 4) is 11.8 Å². The van der Waals surface area contributed by atoms with Gasteiger partial charge in [0.15, 0.2) is 0 Å². The molecule has 0 bridgehead atoms. The molecule has 7 heteroatoms. The Bertz CT molecular complexity index is 759. The van der Waals surface area contributed by atoms with Crippen molar-refractivity contribution in [1.82, 2.24) is 9.71 Å². The SMILES string of the molecule is CC(NS(=O)(=O)c1cccc(C#CCN)c1)c1nccs1. The molecule has 21 heavy (non-hydrogen) atoms. The average Bonchev–Trinajstić information content (AvgIpc) is 2.99. The minimum atomic E-state index is -3.62. The lowest BCUT2D eigenvalue weighted by Crippen LogP contribution is -2.26. The molecule has 1 atom stereocenters. The number of benzene rings is 1. The maximum absolute atomic E-state index is 12.4. The fourth-order valence-electron chi connectivity index (χ4n) is 1.69. The molecule has 0 aliphatic rings. The third-order valence-electron chi connectivity index (χ3n) is 2.63. The molecule has 1 heterocycles. The predicted octanol–water partition coefficient (Wildman–Crippen LogP) is 1.49. The summed E-state index contributed by atoms with van der Waals surface area (Å²) in [6.45, 7) is 1.99. The largest absolute Gasteiger partial charge is 0.320 e. The van der Waals surface area contributed by atoms with E-state index in [2.05, 4.69) is 21.5 Å². The Morgan fingerprint density at radius 2 is 2.29 bits per heavy atom. The first-order valence-electron chi connectivity index (χ1n) is 6.23. The van der Waals surface area contributed by atoms with Gasteiger partial charge >= 0.3 is 0 Å². The lowest BCUT2D eigenvalue weighted by Gasteiger charge is -2.12. The van der Waals surface area contributed by atoms with Crippen molar-refractivity contribution in [3.05, 3.63) is 46.4 Å². The summed E-state index contributed by atoms with van der Waals surface area (Å²) in [5.41, 5.74) is 5.93. The maximum atomic E-state index is 12.4. The normalized spacial score (nSPS) is 12.5. The van der Waals surface area contributed by atoms with Crippen molar-refractivity contribution in [1.29, 1.82) is 0 Å². The van der Waals surface area contributed by atoms with Crippen LogP contribution in [0, 0.1) is 11.8 Å². The highest BCUT2D eigenvalue weighted by Crippen LogP contribution is 2.19. The van der Waals surface area contributed by atoms with E-state index < -0.39 is 10.0 Å². The van der Waals surface area contributed by atoms with E-state index in [0.29, 0.717) is 5.56 Å². The highest BCUT2D eigenvalue weighted by Gasteiger charge is 2.19. The summed E-state index contributed by atoms with van der Waals surface area (Å²) in [5, 5.41) is 2.53. The van der Waals surface area contributed by atoms with Crippen molar-refractivity contribution < 1.29 is 8.42 Å². The van der Waals surface area contributed by atoms with Gasteiger partial charge < -0.3 is 5.73 Å². The molecule has 2 rings (SSSR count). The van der Waals surface area contributed by atoms with E-state index in [1.165, 1.54) is 23.5 Å². The van der Waals surface area contributed by atoms with Gasteiger partial charge in [0.2, 0.25) is 10.0 Å². The number of rotatable bonds is 4. The Kier molecular flexibility index (Phi) is 5.09. The van der Waals surface area contributed by atoms with Crippen LogP contribution in [0.1, 0.15) is 23.5 Å². The molecule has 0 amide bonds. The van der Waals surface area contributed by atoms with Gasteiger partial charge in [-0.2, -0.15) is 0 Å². The Morgan fingerprint density at radius 1 is 1.48 bits per heavy atom. The van der Waals surface area contributed by atoms with Crippen molar-refractivity contribution in [2.45, 2.75) is 17.9 Å². The second kappa shape index (κ2) is 6.83. The molecule has 110 valence electrons. The zero-order valence-corrected chi connectivity index (χ0v) is 13.0. The number of aromatic nitrogens is 1. The molecule has 2 aromatic rings. The third-order valence-corrected chi connectivity index (χ3v) is 5.13. The summed E-state index contributed by atoms with van der Waals surface area (Å²) in [6.07, 6.45) is 1.65. The minimum absolute atomic E-state index is 0.176. The number of hydrogen-bond donors (Lipinski definition) is 2. The molecule has 0 saturated heterocycles. The first kappa shape index (κ1) is 15.7. The second-order valence-corrected chi connectivity index (χ2v) is 6.89. The van der Waals surface area contributed by atoms with Crippen LogP contribution in [0.5, 0.6) is 0 Å². The van der Waals surface area contributed by atoms with Gasteiger partial charge in [0.1, 0.15) is 5.01 Å². The predicted molar refractivity (Wildman–Crippen MR) is 83.2 cm³/mol. The van der Waals surface area contributed by atoms with Crippen LogP contribution in [0.2, 0.25) is 0 Å². The zero-order chi connectivity index (χ0) is 15.3. The smallest absolute Gasteiger partial charge is 0.241 e. The standard InChI is InChI=1S/C14H15N3O2S2/c1-11(14-16-8-9-20-14)17-21(18,19)13-6-2-4-12(10-13)5-3-7-15/h2,4,6,8-11,17H,7,15H2,1H3. The average molecular weight is 321 g/mol. The van der Waals surface area contributed by atoms with E-state index in [9.17, 15) is 8.42 Å². The van der Waals surface area contributed by atoms with Gasteiger partial charge in [0.25, 0.3) is 0 Å². The number of nitrogens with zero attached hydrogens (tertiary/aromatic N) is 1. The fourth-order valence-corrected chi connectivity index (χ4v) is 3.67. The Labute approximate surface area is 128 Å². The topological polar surface area (TPSA) is 85.1 Å². The van der Waals surface area contributed by atoms with Crippen LogP contribution in [-0.2, 0) is 10.0 Å². The highest BCUT2D eigenvalue weighted by atomic mass is 32.2. The van der Waals surface area contributed by atoms with E-state index in [1.54, 1.807) is 25.3 Å². The van der Waals surface area contributed by atoms with Crippen molar-refractivity contribution >= 4 is 21.4 Å². The summed E-state index contributed by atoms with van der Waals surface area (Å²) >= 11 is 1.41.